The van der Waals surface area contributed by atoms with E-state index in [0.717, 1.165) is 13.1 Å². The number of nitrogens with zero attached hydrogens (tertiary/aromatic N) is 1. The monoisotopic (exact) mass is 513 g/mol. The Morgan fingerprint density at radius 3 is 1.74 bits per heavy atom. The molecule has 0 aliphatic heterocycles. The minimum atomic E-state index is -1.08. The van der Waals surface area contributed by atoms with Crippen molar-refractivity contribution in [3.05, 3.63) is 120 Å². The van der Waals surface area contributed by atoms with Crippen LogP contribution < -0.4 is 0 Å². The van der Waals surface area contributed by atoms with Crippen LogP contribution in [0.15, 0.2) is 103 Å². The van der Waals surface area contributed by atoms with Gasteiger partial charge in [0.2, 0.25) is 6.10 Å². The second-order valence-corrected chi connectivity index (χ2v) is 9.90. The van der Waals surface area contributed by atoms with Crippen molar-refractivity contribution in [3.63, 3.8) is 0 Å². The second kappa shape index (κ2) is 14.9. The molecule has 3 rings (SSSR count). The molecule has 0 saturated carbocycles. The lowest BCUT2D eigenvalue weighted by atomic mass is 10.0. The molecule has 0 aromatic heterocycles. The van der Waals surface area contributed by atoms with Gasteiger partial charge in [0.15, 0.2) is 0 Å². The molecule has 3 aromatic rings. The number of carbonyl (C=O) groups is 2. The van der Waals surface area contributed by atoms with Gasteiger partial charge in [0.25, 0.3) is 0 Å². The molecule has 0 unspecified atom stereocenters. The van der Waals surface area contributed by atoms with E-state index < -0.39 is 18.0 Å². The van der Waals surface area contributed by atoms with Crippen molar-refractivity contribution in [3.8, 4) is 0 Å². The highest BCUT2D eigenvalue weighted by atomic mass is 16.6. The van der Waals surface area contributed by atoms with Crippen molar-refractivity contribution >= 4 is 11.9 Å². The molecule has 5 heteroatoms. The summed E-state index contributed by atoms with van der Waals surface area (Å²) in [6.45, 7) is 9.18. The normalized spacial score (nSPS) is 13.8. The Balaban J connectivity index is 1.68. The van der Waals surface area contributed by atoms with Crippen molar-refractivity contribution < 1.29 is 19.1 Å². The Labute approximate surface area is 227 Å². The van der Waals surface area contributed by atoms with E-state index in [2.05, 4.69) is 72.5 Å². The molecular weight excluding hydrogens is 474 g/mol. The summed E-state index contributed by atoms with van der Waals surface area (Å²) in [5.74, 6) is -0.985. The van der Waals surface area contributed by atoms with Crippen LogP contribution >= 0.6 is 0 Å². The standard InChI is InChI=1S/C33H39NO4/c1-25(2)31(38-33(36)32(37-27(4)35)30-20-12-7-13-21-30)22-14-15-26(3)34(23-28-16-8-5-9-17-28)24-29-18-10-6-11-19-29/h5-21,25-26,31-32H,22-24H2,1-4H3/b15-14-/t26-,31+,32+/m0/s1. The first-order chi connectivity index (χ1) is 18.3. The van der Waals surface area contributed by atoms with Gasteiger partial charge in [0.1, 0.15) is 6.10 Å². The van der Waals surface area contributed by atoms with Gasteiger partial charge in [-0.3, -0.25) is 9.69 Å². The zero-order valence-electron chi connectivity index (χ0n) is 22.8. The number of rotatable bonds is 13. The first kappa shape index (κ1) is 28.9. The third kappa shape index (κ3) is 9.31. The van der Waals surface area contributed by atoms with Crippen LogP contribution in [0.5, 0.6) is 0 Å². The van der Waals surface area contributed by atoms with Crippen LogP contribution in [0.3, 0.4) is 0 Å². The molecule has 0 aliphatic carbocycles. The molecule has 0 spiro atoms. The predicted molar refractivity (Wildman–Crippen MR) is 151 cm³/mol. The van der Waals surface area contributed by atoms with E-state index in [0.29, 0.717) is 12.0 Å². The van der Waals surface area contributed by atoms with E-state index in [-0.39, 0.29) is 18.1 Å². The summed E-state index contributed by atoms with van der Waals surface area (Å²) in [5, 5.41) is 0. The third-order valence-corrected chi connectivity index (χ3v) is 6.43. The molecule has 0 heterocycles. The molecule has 3 atom stereocenters. The molecule has 3 aromatic carbocycles. The molecule has 200 valence electrons. The summed E-state index contributed by atoms with van der Waals surface area (Å²) >= 11 is 0. The molecule has 0 N–H and O–H groups in total. The highest BCUT2D eigenvalue weighted by Crippen LogP contribution is 2.23. The number of ether oxygens (including phenoxy) is 2. The summed E-state index contributed by atoms with van der Waals surface area (Å²) < 4.78 is 11.2. The SMILES string of the molecule is CC(=O)O[C@@H](C(=O)O[C@H](C/C=C\[C@H](C)N(Cc1ccccc1)Cc1ccccc1)C(C)C)c1ccccc1. The zero-order chi connectivity index (χ0) is 27.3. The quantitative estimate of drug-likeness (QED) is 0.184. The fourth-order valence-corrected chi connectivity index (χ4v) is 4.22. The maximum Gasteiger partial charge on any atom is 0.352 e. The van der Waals surface area contributed by atoms with Crippen molar-refractivity contribution in [2.24, 2.45) is 5.92 Å². The van der Waals surface area contributed by atoms with E-state index in [1.54, 1.807) is 24.3 Å². The van der Waals surface area contributed by atoms with Gasteiger partial charge in [0.05, 0.1) is 0 Å². The highest BCUT2D eigenvalue weighted by Gasteiger charge is 2.28. The fourth-order valence-electron chi connectivity index (χ4n) is 4.22. The Kier molecular flexibility index (Phi) is 11.3. The lowest BCUT2D eigenvalue weighted by Gasteiger charge is -2.28. The van der Waals surface area contributed by atoms with Gasteiger partial charge < -0.3 is 9.47 Å². The van der Waals surface area contributed by atoms with Crippen molar-refractivity contribution in [2.45, 2.75) is 65.5 Å². The average Bonchev–Trinajstić information content (AvgIpc) is 2.92. The Morgan fingerprint density at radius 1 is 0.763 bits per heavy atom. The fraction of sp³-hybridized carbons (Fsp3) is 0.333. The maximum absolute atomic E-state index is 13.1. The molecule has 0 saturated heterocycles. The van der Waals surface area contributed by atoms with E-state index in [1.165, 1.54) is 18.1 Å². The largest absolute Gasteiger partial charge is 0.459 e. The van der Waals surface area contributed by atoms with Gasteiger partial charge in [-0.2, -0.15) is 0 Å². The van der Waals surface area contributed by atoms with Crippen LogP contribution in [-0.4, -0.2) is 29.0 Å². The van der Waals surface area contributed by atoms with Crippen LogP contribution in [0.4, 0.5) is 0 Å². The van der Waals surface area contributed by atoms with E-state index >= 15 is 0 Å². The van der Waals surface area contributed by atoms with Crippen molar-refractivity contribution in [2.75, 3.05) is 0 Å². The zero-order valence-corrected chi connectivity index (χ0v) is 22.8. The Bertz CT molecular complexity index is 1100. The van der Waals surface area contributed by atoms with Crippen LogP contribution in [0.1, 0.15) is 56.9 Å². The lowest BCUT2D eigenvalue weighted by molar-refractivity contribution is -0.172. The average molecular weight is 514 g/mol. The molecule has 0 fully saturated rings. The maximum atomic E-state index is 13.1. The number of benzene rings is 3. The summed E-state index contributed by atoms with van der Waals surface area (Å²) in [6, 6.07) is 30.1. The smallest absolute Gasteiger partial charge is 0.352 e. The van der Waals surface area contributed by atoms with Gasteiger partial charge in [-0.25, -0.2) is 4.79 Å². The highest BCUT2D eigenvalue weighted by molar-refractivity contribution is 5.80. The summed E-state index contributed by atoms with van der Waals surface area (Å²) in [7, 11) is 0. The van der Waals surface area contributed by atoms with Gasteiger partial charge in [-0.15, -0.1) is 0 Å². The van der Waals surface area contributed by atoms with Crippen LogP contribution in [0.25, 0.3) is 0 Å². The van der Waals surface area contributed by atoms with Gasteiger partial charge in [-0.1, -0.05) is 117 Å². The van der Waals surface area contributed by atoms with Crippen LogP contribution in [0, 0.1) is 5.92 Å². The summed E-state index contributed by atoms with van der Waals surface area (Å²) in [5.41, 5.74) is 3.11. The molecule has 0 bridgehead atoms. The topological polar surface area (TPSA) is 55.8 Å². The number of carbonyl (C=O) groups excluding carboxylic acids is 2. The van der Waals surface area contributed by atoms with Crippen LogP contribution in [0.2, 0.25) is 0 Å². The number of esters is 2. The lowest BCUT2D eigenvalue weighted by Crippen LogP contribution is -2.31. The minimum Gasteiger partial charge on any atom is -0.459 e. The first-order valence-corrected chi connectivity index (χ1v) is 13.2. The Morgan fingerprint density at radius 2 is 1.26 bits per heavy atom. The summed E-state index contributed by atoms with van der Waals surface area (Å²) in [6.07, 6.45) is 3.42. The van der Waals surface area contributed by atoms with E-state index in [9.17, 15) is 9.59 Å². The minimum absolute atomic E-state index is 0.0948. The van der Waals surface area contributed by atoms with Crippen molar-refractivity contribution in [1.29, 1.82) is 0 Å². The molecular formula is C33H39NO4. The number of hydrogen-bond acceptors (Lipinski definition) is 5. The van der Waals surface area contributed by atoms with Crippen LogP contribution in [-0.2, 0) is 32.2 Å². The van der Waals surface area contributed by atoms with Gasteiger partial charge in [-0.05, 0) is 24.0 Å². The van der Waals surface area contributed by atoms with Crippen molar-refractivity contribution in [1.82, 2.24) is 4.90 Å². The number of hydrogen-bond donors (Lipinski definition) is 0. The molecule has 5 nitrogen and oxygen atoms in total. The Hall–Kier alpha value is -3.70. The molecule has 0 aliphatic rings. The first-order valence-electron chi connectivity index (χ1n) is 13.2. The molecule has 38 heavy (non-hydrogen) atoms. The van der Waals surface area contributed by atoms with E-state index in [4.69, 9.17) is 9.47 Å². The van der Waals surface area contributed by atoms with Gasteiger partial charge >= 0.3 is 11.9 Å². The van der Waals surface area contributed by atoms with E-state index in [1.807, 2.05) is 32.0 Å². The second-order valence-electron chi connectivity index (χ2n) is 9.90. The summed E-state index contributed by atoms with van der Waals surface area (Å²) in [4.78, 5) is 27.2. The molecule has 0 amide bonds. The molecule has 0 radical (unpaired) electrons. The predicted octanol–water partition coefficient (Wildman–Crippen LogP) is 6.90. The van der Waals surface area contributed by atoms with Gasteiger partial charge in [0, 0.05) is 38.0 Å². The third-order valence-electron chi connectivity index (χ3n) is 6.43.